The number of nitrogens with zero attached hydrogens (tertiary/aromatic N) is 1. The van der Waals surface area contributed by atoms with Crippen molar-refractivity contribution in [3.63, 3.8) is 0 Å². The molecule has 1 rings (SSSR count). The van der Waals surface area contributed by atoms with Crippen LogP contribution in [0, 0.1) is 0 Å². The summed E-state index contributed by atoms with van der Waals surface area (Å²) < 4.78 is 31.0. The van der Waals surface area contributed by atoms with Crippen LogP contribution < -0.4 is 4.72 Å². The molecule has 0 aromatic carbocycles. The second-order valence-electron chi connectivity index (χ2n) is 3.48. The van der Waals surface area contributed by atoms with Crippen molar-refractivity contribution in [2.75, 3.05) is 13.7 Å². The van der Waals surface area contributed by atoms with E-state index in [1.165, 1.54) is 12.6 Å². The summed E-state index contributed by atoms with van der Waals surface area (Å²) in [5.41, 5.74) is 0.731. The van der Waals surface area contributed by atoms with E-state index in [-0.39, 0.29) is 10.8 Å². The number of hydrogen-bond acceptors (Lipinski definition) is 6. The highest BCUT2D eigenvalue weighted by Gasteiger charge is 2.27. The Labute approximate surface area is 109 Å². The third-order valence-corrected chi connectivity index (χ3v) is 5.05. The maximum Gasteiger partial charge on any atom is 0.356 e. The molecule has 0 bridgehead atoms. The molecule has 0 fully saturated rings. The van der Waals surface area contributed by atoms with Gasteiger partial charge in [-0.05, 0) is 6.42 Å². The van der Waals surface area contributed by atoms with Gasteiger partial charge in [0.2, 0.25) is 0 Å². The fourth-order valence-corrected chi connectivity index (χ4v) is 3.74. The molecule has 2 N–H and O–H groups in total. The van der Waals surface area contributed by atoms with Gasteiger partial charge < -0.3 is 9.84 Å². The minimum atomic E-state index is -3.88. The third-order valence-electron chi connectivity index (χ3n) is 2.16. The number of hydrogen-bond donors (Lipinski definition) is 2. The molecule has 1 atom stereocenters. The Balaban J connectivity index is 2.99. The second kappa shape index (κ2) is 6.23. The lowest BCUT2D eigenvalue weighted by Gasteiger charge is -2.15. The average molecular weight is 294 g/mol. The molecule has 0 aliphatic heterocycles. The lowest BCUT2D eigenvalue weighted by Crippen LogP contribution is -2.37. The standard InChI is InChI=1S/C9H14N2O5S2/c1-3-6(4-16-2)11-18(14,15)9-7(8(12)13)10-5-17-9/h5-6,11H,3-4H2,1-2H3,(H,12,13). The van der Waals surface area contributed by atoms with Gasteiger partial charge in [0, 0.05) is 13.2 Å². The highest BCUT2D eigenvalue weighted by molar-refractivity contribution is 7.91. The van der Waals surface area contributed by atoms with Gasteiger partial charge in [0.05, 0.1) is 12.1 Å². The monoisotopic (exact) mass is 294 g/mol. The van der Waals surface area contributed by atoms with Gasteiger partial charge in [-0.2, -0.15) is 0 Å². The Bertz CT molecular complexity index is 511. The number of thiazole rings is 1. The van der Waals surface area contributed by atoms with Gasteiger partial charge in [0.25, 0.3) is 10.0 Å². The van der Waals surface area contributed by atoms with Crippen molar-refractivity contribution >= 4 is 27.3 Å². The summed E-state index contributed by atoms with van der Waals surface area (Å²) in [6.07, 6.45) is 0.536. The Morgan fingerprint density at radius 1 is 1.67 bits per heavy atom. The van der Waals surface area contributed by atoms with Crippen LogP contribution >= 0.6 is 11.3 Å². The number of carboxylic acid groups (broad SMARTS) is 1. The summed E-state index contributed by atoms with van der Waals surface area (Å²) in [4.78, 5) is 14.4. The fraction of sp³-hybridized carbons (Fsp3) is 0.556. The molecule has 0 amide bonds. The quantitative estimate of drug-likeness (QED) is 0.760. The summed E-state index contributed by atoms with van der Waals surface area (Å²) in [6.45, 7) is 2.02. The zero-order chi connectivity index (χ0) is 13.8. The Morgan fingerprint density at radius 2 is 2.33 bits per heavy atom. The number of carbonyl (C=O) groups is 1. The molecular formula is C9H14N2O5S2. The zero-order valence-electron chi connectivity index (χ0n) is 9.91. The third kappa shape index (κ3) is 3.48. The van der Waals surface area contributed by atoms with E-state index in [0.29, 0.717) is 6.42 Å². The molecule has 0 radical (unpaired) electrons. The van der Waals surface area contributed by atoms with E-state index < -0.39 is 27.7 Å². The number of aromatic nitrogens is 1. The summed E-state index contributed by atoms with van der Waals surface area (Å²) in [5.74, 6) is -1.36. The van der Waals surface area contributed by atoms with E-state index in [0.717, 1.165) is 11.3 Å². The molecule has 1 aromatic rings. The lowest BCUT2D eigenvalue weighted by molar-refractivity contribution is 0.0687. The Morgan fingerprint density at radius 3 is 2.83 bits per heavy atom. The molecule has 102 valence electrons. The van der Waals surface area contributed by atoms with Gasteiger partial charge in [0.1, 0.15) is 0 Å². The second-order valence-corrected chi connectivity index (χ2v) is 6.24. The number of aromatic carboxylic acids is 1. The van der Waals surface area contributed by atoms with Crippen molar-refractivity contribution in [3.8, 4) is 0 Å². The molecule has 0 saturated heterocycles. The smallest absolute Gasteiger partial charge is 0.356 e. The first-order valence-electron chi connectivity index (χ1n) is 5.10. The van der Waals surface area contributed by atoms with Crippen molar-refractivity contribution in [2.45, 2.75) is 23.6 Å². The molecule has 0 spiro atoms. The van der Waals surface area contributed by atoms with Gasteiger partial charge in [0.15, 0.2) is 9.90 Å². The van der Waals surface area contributed by atoms with Crippen molar-refractivity contribution in [3.05, 3.63) is 11.2 Å². The molecule has 7 nitrogen and oxygen atoms in total. The van der Waals surface area contributed by atoms with Gasteiger partial charge in [-0.25, -0.2) is 22.9 Å². The first-order valence-corrected chi connectivity index (χ1v) is 7.46. The number of nitrogens with one attached hydrogen (secondary N) is 1. The summed E-state index contributed by atoms with van der Waals surface area (Å²) in [6, 6.07) is -0.399. The van der Waals surface area contributed by atoms with Crippen LogP contribution in [-0.4, -0.2) is 44.2 Å². The summed E-state index contributed by atoms with van der Waals surface area (Å²) in [5, 5.41) is 8.84. The van der Waals surface area contributed by atoms with Crippen LogP contribution in [0.15, 0.2) is 9.72 Å². The first kappa shape index (κ1) is 15.0. The largest absolute Gasteiger partial charge is 0.476 e. The van der Waals surface area contributed by atoms with Crippen LogP contribution in [0.5, 0.6) is 0 Å². The molecular weight excluding hydrogens is 280 g/mol. The maximum absolute atomic E-state index is 12.0. The maximum atomic E-state index is 12.0. The molecule has 0 saturated carbocycles. The van der Waals surface area contributed by atoms with Gasteiger partial charge in [-0.1, -0.05) is 6.92 Å². The normalized spacial score (nSPS) is 13.4. The van der Waals surface area contributed by atoms with Crippen molar-refractivity contribution in [2.24, 2.45) is 0 Å². The molecule has 0 aliphatic carbocycles. The SMILES string of the molecule is CCC(COC)NS(=O)(=O)c1scnc1C(=O)O. The molecule has 1 aromatic heterocycles. The lowest BCUT2D eigenvalue weighted by atomic mass is 10.3. The van der Waals surface area contributed by atoms with E-state index in [4.69, 9.17) is 9.84 Å². The fourth-order valence-electron chi connectivity index (χ4n) is 1.28. The molecule has 18 heavy (non-hydrogen) atoms. The van der Waals surface area contributed by atoms with Crippen LogP contribution in [-0.2, 0) is 14.8 Å². The summed E-state index contributed by atoms with van der Waals surface area (Å²) in [7, 11) is -2.42. The number of rotatable bonds is 7. The van der Waals surface area contributed by atoms with Crippen molar-refractivity contribution in [1.82, 2.24) is 9.71 Å². The van der Waals surface area contributed by atoms with Gasteiger partial charge in [-0.15, -0.1) is 11.3 Å². The molecule has 0 aliphatic rings. The molecule has 9 heteroatoms. The predicted molar refractivity (Wildman–Crippen MR) is 65.3 cm³/mol. The number of ether oxygens (including phenoxy) is 1. The van der Waals surface area contributed by atoms with Crippen LogP contribution in [0.4, 0.5) is 0 Å². The van der Waals surface area contributed by atoms with Gasteiger partial charge >= 0.3 is 5.97 Å². The van der Waals surface area contributed by atoms with E-state index in [1.807, 2.05) is 0 Å². The minimum absolute atomic E-state index is 0.219. The molecule has 1 heterocycles. The molecule has 1 unspecified atom stereocenters. The average Bonchev–Trinajstić information content (AvgIpc) is 2.77. The highest BCUT2D eigenvalue weighted by atomic mass is 32.2. The van der Waals surface area contributed by atoms with Crippen LogP contribution in [0.2, 0.25) is 0 Å². The van der Waals surface area contributed by atoms with E-state index in [9.17, 15) is 13.2 Å². The van der Waals surface area contributed by atoms with E-state index in [1.54, 1.807) is 6.92 Å². The van der Waals surface area contributed by atoms with Crippen LogP contribution in [0.1, 0.15) is 23.8 Å². The topological polar surface area (TPSA) is 106 Å². The first-order chi connectivity index (χ1) is 8.42. The number of methoxy groups -OCH3 is 1. The van der Waals surface area contributed by atoms with Crippen LogP contribution in [0.25, 0.3) is 0 Å². The minimum Gasteiger partial charge on any atom is -0.476 e. The van der Waals surface area contributed by atoms with E-state index >= 15 is 0 Å². The Kier molecular flexibility index (Phi) is 5.20. The Hall–Kier alpha value is -1.03. The van der Waals surface area contributed by atoms with Gasteiger partial charge in [-0.3, -0.25) is 0 Å². The zero-order valence-corrected chi connectivity index (χ0v) is 11.5. The number of sulfonamides is 1. The van der Waals surface area contributed by atoms with Crippen LogP contribution in [0.3, 0.4) is 0 Å². The summed E-state index contributed by atoms with van der Waals surface area (Å²) >= 11 is 0.772. The number of carboxylic acids is 1. The van der Waals surface area contributed by atoms with Crippen molar-refractivity contribution in [1.29, 1.82) is 0 Å². The van der Waals surface area contributed by atoms with E-state index in [2.05, 4.69) is 9.71 Å². The predicted octanol–water partition coefficient (Wildman–Crippen LogP) is 0.545. The highest BCUT2D eigenvalue weighted by Crippen LogP contribution is 2.20. The van der Waals surface area contributed by atoms with Crippen molar-refractivity contribution < 1.29 is 23.1 Å².